The zero-order chi connectivity index (χ0) is 17.1. The average Bonchev–Trinajstić information content (AvgIpc) is 3.14. The van der Waals surface area contributed by atoms with Gasteiger partial charge in [-0.15, -0.1) is 0 Å². The first-order valence-corrected chi connectivity index (χ1v) is 8.82. The molecule has 0 spiro atoms. The first kappa shape index (κ1) is 17.0. The van der Waals surface area contributed by atoms with Crippen LogP contribution in [0.3, 0.4) is 0 Å². The molecule has 0 aliphatic carbocycles. The topological polar surface area (TPSA) is 63.5 Å². The molecule has 0 saturated carbocycles. The molecule has 6 nitrogen and oxygen atoms in total. The van der Waals surface area contributed by atoms with Crippen LogP contribution in [0.15, 0.2) is 12.1 Å². The van der Waals surface area contributed by atoms with Crippen LogP contribution >= 0.6 is 11.6 Å². The Labute approximate surface area is 147 Å². The van der Waals surface area contributed by atoms with E-state index in [2.05, 4.69) is 20.9 Å². The highest BCUT2D eigenvalue weighted by molar-refractivity contribution is 6.29. The van der Waals surface area contributed by atoms with Gasteiger partial charge in [-0.1, -0.05) is 11.6 Å². The molecule has 1 atom stereocenters. The number of rotatable bonds is 3. The number of nitrogens with zero attached hydrogens (tertiary/aromatic N) is 5. The van der Waals surface area contributed by atoms with E-state index in [9.17, 15) is 4.79 Å². The smallest absolute Gasteiger partial charge is 0.239 e. The molecule has 2 fully saturated rings. The maximum Gasteiger partial charge on any atom is 0.239 e. The molecule has 1 amide bonds. The van der Waals surface area contributed by atoms with Crippen molar-refractivity contribution in [3.63, 3.8) is 0 Å². The number of hydrogen-bond donors (Lipinski definition) is 0. The van der Waals surface area contributed by atoms with Crippen molar-refractivity contribution < 1.29 is 4.79 Å². The van der Waals surface area contributed by atoms with Gasteiger partial charge in [0.1, 0.15) is 11.0 Å². The lowest BCUT2D eigenvalue weighted by atomic mass is 10.2. The zero-order valence-electron chi connectivity index (χ0n) is 13.9. The summed E-state index contributed by atoms with van der Waals surface area (Å²) < 4.78 is 0. The lowest BCUT2D eigenvalue weighted by Gasteiger charge is -2.39. The second-order valence-electron chi connectivity index (χ2n) is 6.38. The highest BCUT2D eigenvalue weighted by atomic mass is 35.5. The van der Waals surface area contributed by atoms with Gasteiger partial charge in [0.25, 0.3) is 0 Å². The molecule has 24 heavy (non-hydrogen) atoms. The van der Waals surface area contributed by atoms with Crippen LogP contribution in [-0.4, -0.2) is 66.0 Å². The molecule has 3 rings (SSSR count). The van der Waals surface area contributed by atoms with Crippen LogP contribution in [0.1, 0.15) is 25.3 Å². The Morgan fingerprint density at radius 3 is 2.50 bits per heavy atom. The maximum absolute atomic E-state index is 12.5. The Balaban J connectivity index is 1.60. The quantitative estimate of drug-likeness (QED) is 0.779. The standard InChI is InChI=1S/C17H22ClN5O/c1-13(17(24)23-4-2-3-5-23)21-6-8-22(9-7-21)16-11-14(12-19)10-15(18)20-16/h10-11,13H,2-9H2,1H3. The number of likely N-dealkylation sites (tertiary alicyclic amines) is 1. The molecule has 2 aliphatic heterocycles. The summed E-state index contributed by atoms with van der Waals surface area (Å²) in [4.78, 5) is 23.2. The summed E-state index contributed by atoms with van der Waals surface area (Å²) in [6, 6.07) is 5.36. The van der Waals surface area contributed by atoms with E-state index in [-0.39, 0.29) is 11.9 Å². The molecule has 0 radical (unpaired) electrons. The Morgan fingerprint density at radius 1 is 1.21 bits per heavy atom. The summed E-state index contributed by atoms with van der Waals surface area (Å²) in [6.07, 6.45) is 2.24. The predicted molar refractivity (Wildman–Crippen MR) is 93.0 cm³/mol. The fourth-order valence-electron chi connectivity index (χ4n) is 3.41. The molecule has 2 saturated heterocycles. The minimum atomic E-state index is -0.0766. The monoisotopic (exact) mass is 347 g/mol. The molecule has 3 heterocycles. The largest absolute Gasteiger partial charge is 0.354 e. The average molecular weight is 348 g/mol. The summed E-state index contributed by atoms with van der Waals surface area (Å²) in [5, 5.41) is 9.40. The molecule has 1 aromatic heterocycles. The van der Waals surface area contributed by atoms with Crippen molar-refractivity contribution in [3.8, 4) is 6.07 Å². The minimum Gasteiger partial charge on any atom is -0.354 e. The summed E-state index contributed by atoms with van der Waals surface area (Å²) in [6.45, 7) is 6.94. The van der Waals surface area contributed by atoms with Gasteiger partial charge in [-0.2, -0.15) is 5.26 Å². The van der Waals surface area contributed by atoms with E-state index >= 15 is 0 Å². The third-order valence-corrected chi connectivity index (χ3v) is 5.06. The lowest BCUT2D eigenvalue weighted by Crippen LogP contribution is -2.54. The van der Waals surface area contributed by atoms with Crippen LogP contribution in [0.2, 0.25) is 5.15 Å². The fraction of sp³-hybridized carbons (Fsp3) is 0.588. The number of anilines is 1. The van der Waals surface area contributed by atoms with E-state index in [4.69, 9.17) is 16.9 Å². The SMILES string of the molecule is CC(C(=O)N1CCCC1)N1CCN(c2cc(C#N)cc(Cl)n2)CC1. The van der Waals surface area contributed by atoms with E-state index in [0.717, 1.165) is 57.9 Å². The van der Waals surface area contributed by atoms with Gasteiger partial charge in [-0.3, -0.25) is 9.69 Å². The van der Waals surface area contributed by atoms with E-state index in [1.54, 1.807) is 12.1 Å². The molecule has 2 aliphatic rings. The second kappa shape index (κ2) is 7.37. The number of amides is 1. The van der Waals surface area contributed by atoms with Crippen molar-refractivity contribution in [3.05, 3.63) is 22.8 Å². The number of piperazine rings is 1. The van der Waals surface area contributed by atoms with Gasteiger partial charge in [0.15, 0.2) is 0 Å². The number of carbonyl (C=O) groups is 1. The Kier molecular flexibility index (Phi) is 5.22. The molecule has 0 N–H and O–H groups in total. The van der Waals surface area contributed by atoms with Gasteiger partial charge in [-0.25, -0.2) is 4.98 Å². The molecule has 128 valence electrons. The van der Waals surface area contributed by atoms with Crippen molar-refractivity contribution in [1.29, 1.82) is 5.26 Å². The molecule has 0 bridgehead atoms. The van der Waals surface area contributed by atoms with Crippen LogP contribution < -0.4 is 4.90 Å². The highest BCUT2D eigenvalue weighted by Crippen LogP contribution is 2.20. The van der Waals surface area contributed by atoms with Gasteiger partial charge in [0, 0.05) is 39.3 Å². The fourth-order valence-corrected chi connectivity index (χ4v) is 3.61. The van der Waals surface area contributed by atoms with Crippen molar-refractivity contribution in [2.75, 3.05) is 44.2 Å². The van der Waals surface area contributed by atoms with Crippen molar-refractivity contribution >= 4 is 23.3 Å². The highest BCUT2D eigenvalue weighted by Gasteiger charge is 2.30. The van der Waals surface area contributed by atoms with Crippen LogP contribution in [-0.2, 0) is 4.79 Å². The molecule has 1 unspecified atom stereocenters. The molecule has 7 heteroatoms. The van der Waals surface area contributed by atoms with Crippen molar-refractivity contribution in [2.45, 2.75) is 25.8 Å². The summed E-state index contributed by atoms with van der Waals surface area (Å²) >= 11 is 5.99. The van der Waals surface area contributed by atoms with Gasteiger partial charge >= 0.3 is 0 Å². The molecular weight excluding hydrogens is 326 g/mol. The van der Waals surface area contributed by atoms with Gasteiger partial charge in [0.05, 0.1) is 17.7 Å². The van der Waals surface area contributed by atoms with Crippen LogP contribution in [0.5, 0.6) is 0 Å². The van der Waals surface area contributed by atoms with Crippen LogP contribution in [0.4, 0.5) is 5.82 Å². The molecule has 0 aromatic carbocycles. The summed E-state index contributed by atoms with van der Waals surface area (Å²) in [5.41, 5.74) is 0.519. The first-order valence-electron chi connectivity index (χ1n) is 8.44. The number of aromatic nitrogens is 1. The van der Waals surface area contributed by atoms with Crippen molar-refractivity contribution in [2.24, 2.45) is 0 Å². The summed E-state index contributed by atoms with van der Waals surface area (Å²) in [7, 11) is 0. The van der Waals surface area contributed by atoms with Gasteiger partial charge < -0.3 is 9.80 Å². The summed E-state index contributed by atoms with van der Waals surface area (Å²) in [5.74, 6) is 0.978. The molecule has 1 aromatic rings. The second-order valence-corrected chi connectivity index (χ2v) is 6.77. The van der Waals surface area contributed by atoms with E-state index in [0.29, 0.717) is 10.7 Å². The van der Waals surface area contributed by atoms with Crippen LogP contribution in [0, 0.1) is 11.3 Å². The normalized spacial score (nSPS) is 20.0. The number of halogens is 1. The third-order valence-electron chi connectivity index (χ3n) is 4.87. The lowest BCUT2D eigenvalue weighted by molar-refractivity contribution is -0.135. The zero-order valence-corrected chi connectivity index (χ0v) is 14.7. The Morgan fingerprint density at radius 2 is 1.88 bits per heavy atom. The van der Waals surface area contributed by atoms with E-state index < -0.39 is 0 Å². The maximum atomic E-state index is 12.5. The Bertz CT molecular complexity index is 645. The first-order chi connectivity index (χ1) is 11.6. The number of pyridine rings is 1. The predicted octanol–water partition coefficient (Wildman–Crippen LogP) is 1.74. The van der Waals surface area contributed by atoms with E-state index in [1.165, 1.54) is 0 Å². The number of hydrogen-bond acceptors (Lipinski definition) is 5. The number of nitriles is 1. The van der Waals surface area contributed by atoms with Crippen LogP contribution in [0.25, 0.3) is 0 Å². The van der Waals surface area contributed by atoms with Gasteiger partial charge in [0.2, 0.25) is 5.91 Å². The Hall–Kier alpha value is -1.84. The minimum absolute atomic E-state index is 0.0766. The van der Waals surface area contributed by atoms with E-state index in [1.807, 2.05) is 11.8 Å². The third kappa shape index (κ3) is 3.63. The van der Waals surface area contributed by atoms with Crippen molar-refractivity contribution in [1.82, 2.24) is 14.8 Å². The number of carbonyl (C=O) groups excluding carboxylic acids is 1. The van der Waals surface area contributed by atoms with Gasteiger partial charge in [-0.05, 0) is 31.9 Å². The molecular formula is C17H22ClN5O.